The molecule has 2 aromatic rings. The number of aromatic amines is 1. The van der Waals surface area contributed by atoms with Crippen molar-refractivity contribution in [1.29, 1.82) is 0 Å². The Balaban J connectivity index is 1.20. The average molecular weight is 341 g/mol. The highest BCUT2D eigenvalue weighted by Crippen LogP contribution is 2.28. The van der Waals surface area contributed by atoms with Crippen molar-refractivity contribution in [2.24, 2.45) is 0 Å². The number of H-pyrrole nitrogens is 1. The highest BCUT2D eigenvalue weighted by atomic mass is 16.2. The van der Waals surface area contributed by atoms with Crippen molar-refractivity contribution in [2.75, 3.05) is 38.1 Å². The predicted octanol–water partition coefficient (Wildman–Crippen LogP) is 1.02. The largest absolute Gasteiger partial charge is 0.326 e. The Kier molecular flexibility index (Phi) is 3.34. The van der Waals surface area contributed by atoms with Gasteiger partial charge in [0.1, 0.15) is 0 Å². The van der Waals surface area contributed by atoms with E-state index in [1.165, 1.54) is 29.8 Å². The number of carbonyl (C=O) groups is 1. The molecule has 1 N–H and O–H groups in total. The fourth-order valence-corrected chi connectivity index (χ4v) is 4.12. The first-order chi connectivity index (χ1) is 12.2. The van der Waals surface area contributed by atoms with E-state index in [9.17, 15) is 4.79 Å². The number of nitrogens with zero attached hydrogens (tertiary/aromatic N) is 6. The molecule has 5 rings (SSSR count). The SMILES string of the molecule is CN1CCN(c2cnn(C3CN(Cc4n[nH]c5c4CCC5)C3)c2)C1=O. The van der Waals surface area contributed by atoms with Gasteiger partial charge in [0.05, 0.1) is 23.6 Å². The standard InChI is InChI=1S/C17H23N7O/c1-21-5-6-23(17(21)25)12-7-18-24(10-12)13-8-22(9-13)11-16-14-3-2-4-15(14)19-20-16/h7,10,13H,2-6,8-9,11H2,1H3,(H,19,20). The van der Waals surface area contributed by atoms with Gasteiger partial charge < -0.3 is 4.90 Å². The van der Waals surface area contributed by atoms with Gasteiger partial charge in [0.15, 0.2) is 0 Å². The quantitative estimate of drug-likeness (QED) is 0.901. The van der Waals surface area contributed by atoms with E-state index in [1.54, 1.807) is 16.0 Å². The summed E-state index contributed by atoms with van der Waals surface area (Å²) in [6.45, 7) is 4.40. The van der Waals surface area contributed by atoms with Crippen molar-refractivity contribution in [2.45, 2.75) is 31.8 Å². The lowest BCUT2D eigenvalue weighted by atomic mass is 10.1. The molecule has 3 aliphatic rings. The molecule has 8 heteroatoms. The van der Waals surface area contributed by atoms with E-state index in [1.807, 2.05) is 17.9 Å². The van der Waals surface area contributed by atoms with Crippen molar-refractivity contribution in [3.63, 3.8) is 0 Å². The minimum atomic E-state index is 0.0576. The van der Waals surface area contributed by atoms with Crippen LogP contribution in [-0.4, -0.2) is 69.0 Å². The van der Waals surface area contributed by atoms with E-state index in [0.29, 0.717) is 6.04 Å². The molecule has 0 atom stereocenters. The minimum absolute atomic E-state index is 0.0576. The van der Waals surface area contributed by atoms with Crippen molar-refractivity contribution in [3.8, 4) is 0 Å². The van der Waals surface area contributed by atoms with Gasteiger partial charge in [-0.1, -0.05) is 0 Å². The van der Waals surface area contributed by atoms with E-state index in [-0.39, 0.29) is 6.03 Å². The third kappa shape index (κ3) is 2.43. The molecule has 2 saturated heterocycles. The summed E-state index contributed by atoms with van der Waals surface area (Å²) in [4.78, 5) is 18.0. The Morgan fingerprint density at radius 2 is 2.16 bits per heavy atom. The molecule has 132 valence electrons. The zero-order chi connectivity index (χ0) is 17.0. The number of likely N-dealkylation sites (N-methyl/N-ethyl adjacent to an activating group) is 1. The number of hydrogen-bond acceptors (Lipinski definition) is 4. The van der Waals surface area contributed by atoms with Crippen molar-refractivity contribution < 1.29 is 4.79 Å². The number of likely N-dealkylation sites (tertiary alicyclic amines) is 1. The Morgan fingerprint density at radius 1 is 1.28 bits per heavy atom. The molecule has 0 saturated carbocycles. The number of fused-ring (bicyclic) bond motifs is 1. The smallest absolute Gasteiger partial charge is 0.324 e. The van der Waals surface area contributed by atoms with Gasteiger partial charge in [-0.05, 0) is 24.8 Å². The van der Waals surface area contributed by atoms with Crippen LogP contribution in [0.1, 0.15) is 29.4 Å². The summed E-state index contributed by atoms with van der Waals surface area (Å²) in [7, 11) is 1.84. The molecule has 8 nitrogen and oxygen atoms in total. The molecular formula is C17H23N7O. The zero-order valence-corrected chi connectivity index (χ0v) is 14.5. The number of urea groups is 1. The topological polar surface area (TPSA) is 73.3 Å². The lowest BCUT2D eigenvalue weighted by molar-refractivity contribution is 0.0893. The Labute approximate surface area is 146 Å². The zero-order valence-electron chi connectivity index (χ0n) is 14.5. The number of nitrogens with one attached hydrogen (secondary N) is 1. The fourth-order valence-electron chi connectivity index (χ4n) is 4.12. The Hall–Kier alpha value is -2.35. The van der Waals surface area contributed by atoms with Gasteiger partial charge in [-0.2, -0.15) is 10.2 Å². The van der Waals surface area contributed by atoms with Crippen LogP contribution in [0.5, 0.6) is 0 Å². The van der Waals surface area contributed by atoms with Crippen LogP contribution in [0.15, 0.2) is 12.4 Å². The molecule has 25 heavy (non-hydrogen) atoms. The third-order valence-corrected chi connectivity index (χ3v) is 5.69. The lowest BCUT2D eigenvalue weighted by Crippen LogP contribution is -2.47. The number of carbonyl (C=O) groups excluding carboxylic acids is 1. The van der Waals surface area contributed by atoms with E-state index in [0.717, 1.165) is 44.8 Å². The minimum Gasteiger partial charge on any atom is -0.326 e. The molecule has 0 spiro atoms. The van der Waals surface area contributed by atoms with Gasteiger partial charge in [0.25, 0.3) is 0 Å². The molecule has 0 radical (unpaired) electrons. The van der Waals surface area contributed by atoms with Crippen LogP contribution >= 0.6 is 0 Å². The van der Waals surface area contributed by atoms with Gasteiger partial charge in [0.2, 0.25) is 0 Å². The first-order valence-corrected chi connectivity index (χ1v) is 9.03. The van der Waals surface area contributed by atoms with Crippen LogP contribution in [-0.2, 0) is 19.4 Å². The molecule has 2 aromatic heterocycles. The highest BCUT2D eigenvalue weighted by Gasteiger charge is 2.32. The lowest BCUT2D eigenvalue weighted by Gasteiger charge is -2.38. The molecule has 1 aliphatic carbocycles. The molecule has 0 aromatic carbocycles. The molecule has 2 amide bonds. The monoisotopic (exact) mass is 341 g/mol. The third-order valence-electron chi connectivity index (χ3n) is 5.69. The molecule has 2 aliphatic heterocycles. The van der Waals surface area contributed by atoms with Crippen molar-refractivity contribution in [1.82, 2.24) is 29.8 Å². The maximum atomic E-state index is 12.1. The fraction of sp³-hybridized carbons (Fsp3) is 0.588. The Bertz CT molecular complexity index is 804. The molecule has 4 heterocycles. The van der Waals surface area contributed by atoms with Crippen LogP contribution in [0.2, 0.25) is 0 Å². The summed E-state index contributed by atoms with van der Waals surface area (Å²) < 4.78 is 2.01. The number of aryl methyl sites for hydroxylation is 1. The van der Waals surface area contributed by atoms with E-state index in [2.05, 4.69) is 20.2 Å². The van der Waals surface area contributed by atoms with Gasteiger partial charge in [-0.15, -0.1) is 0 Å². The van der Waals surface area contributed by atoms with E-state index >= 15 is 0 Å². The number of rotatable bonds is 4. The van der Waals surface area contributed by atoms with Gasteiger partial charge >= 0.3 is 6.03 Å². The number of aromatic nitrogens is 4. The first-order valence-electron chi connectivity index (χ1n) is 9.03. The van der Waals surface area contributed by atoms with Crippen LogP contribution in [0.3, 0.4) is 0 Å². The van der Waals surface area contributed by atoms with E-state index in [4.69, 9.17) is 0 Å². The molecule has 0 bridgehead atoms. The van der Waals surface area contributed by atoms with Crippen LogP contribution in [0.25, 0.3) is 0 Å². The molecule has 2 fully saturated rings. The number of amides is 2. The second-order valence-corrected chi connectivity index (χ2v) is 7.36. The summed E-state index contributed by atoms with van der Waals surface area (Å²) in [6, 6.07) is 0.443. The van der Waals surface area contributed by atoms with Crippen LogP contribution in [0, 0.1) is 0 Å². The number of anilines is 1. The Morgan fingerprint density at radius 3 is 2.96 bits per heavy atom. The predicted molar refractivity (Wildman–Crippen MR) is 92.5 cm³/mol. The van der Waals surface area contributed by atoms with Gasteiger partial charge in [-0.3, -0.25) is 19.6 Å². The van der Waals surface area contributed by atoms with Crippen LogP contribution < -0.4 is 4.90 Å². The maximum absolute atomic E-state index is 12.1. The van der Waals surface area contributed by atoms with Gasteiger partial charge in [-0.25, -0.2) is 4.79 Å². The van der Waals surface area contributed by atoms with Crippen LogP contribution in [0.4, 0.5) is 10.5 Å². The maximum Gasteiger partial charge on any atom is 0.324 e. The number of hydrogen-bond donors (Lipinski definition) is 1. The highest BCUT2D eigenvalue weighted by molar-refractivity contribution is 5.93. The second kappa shape index (κ2) is 5.59. The van der Waals surface area contributed by atoms with Crippen molar-refractivity contribution >= 4 is 11.7 Å². The molecule has 0 unspecified atom stereocenters. The summed E-state index contributed by atoms with van der Waals surface area (Å²) >= 11 is 0. The summed E-state index contributed by atoms with van der Waals surface area (Å²) in [5.41, 5.74) is 4.90. The summed E-state index contributed by atoms with van der Waals surface area (Å²) in [5, 5.41) is 12.2. The van der Waals surface area contributed by atoms with Gasteiger partial charge in [0, 0.05) is 51.7 Å². The summed E-state index contributed by atoms with van der Waals surface area (Å²) in [5.74, 6) is 0. The second-order valence-electron chi connectivity index (χ2n) is 7.36. The molecular weight excluding hydrogens is 318 g/mol. The normalized spacial score (nSPS) is 21.2. The average Bonchev–Trinajstić information content (AvgIpc) is 3.30. The van der Waals surface area contributed by atoms with Crippen molar-refractivity contribution in [3.05, 3.63) is 29.3 Å². The summed E-state index contributed by atoms with van der Waals surface area (Å²) in [6.07, 6.45) is 7.37. The first kappa shape index (κ1) is 14.9. The van der Waals surface area contributed by atoms with E-state index < -0.39 is 0 Å².